The van der Waals surface area contributed by atoms with E-state index in [0.717, 1.165) is 0 Å². The van der Waals surface area contributed by atoms with E-state index in [4.69, 9.17) is 0 Å². The van der Waals surface area contributed by atoms with E-state index in [1.807, 2.05) is 0 Å². The van der Waals surface area contributed by atoms with Gasteiger partial charge >= 0.3 is 0 Å². The number of aryl methyl sites for hydroxylation is 1. The molecule has 1 aromatic heterocycles. The number of carbonyl (C=O) groups excluding carboxylic acids is 4. The van der Waals surface area contributed by atoms with Gasteiger partial charge in [-0.3, -0.25) is 19.2 Å². The SMILES string of the molecule is CC(=O)C(C)(C)NC(=O)C(=O)c1c(C)c(C(=O)Nc2ccc(F)c(C)c2)c(C)n1C. The maximum Gasteiger partial charge on any atom is 0.294 e. The topological polar surface area (TPSA) is 97.3 Å². The Morgan fingerprint density at radius 2 is 1.67 bits per heavy atom. The summed E-state index contributed by atoms with van der Waals surface area (Å²) in [5.41, 5.74) is 0.746. The van der Waals surface area contributed by atoms with Gasteiger partial charge in [-0.2, -0.15) is 0 Å². The molecule has 0 radical (unpaired) electrons. The van der Waals surface area contributed by atoms with Crippen LogP contribution in [0.4, 0.5) is 10.1 Å². The van der Waals surface area contributed by atoms with Gasteiger partial charge in [-0.15, -0.1) is 0 Å². The fourth-order valence-corrected chi connectivity index (χ4v) is 3.09. The van der Waals surface area contributed by atoms with Crippen molar-refractivity contribution in [2.75, 3.05) is 5.32 Å². The van der Waals surface area contributed by atoms with E-state index in [1.165, 1.54) is 43.5 Å². The van der Waals surface area contributed by atoms with Crippen molar-refractivity contribution >= 4 is 29.1 Å². The third-order valence-corrected chi connectivity index (χ3v) is 5.30. The molecule has 0 aliphatic carbocycles. The first-order chi connectivity index (χ1) is 13.8. The smallest absolute Gasteiger partial charge is 0.294 e. The number of hydrogen-bond acceptors (Lipinski definition) is 4. The molecular formula is C22H26FN3O4. The molecule has 0 aliphatic heterocycles. The first-order valence-electron chi connectivity index (χ1n) is 9.39. The number of nitrogens with zero attached hydrogens (tertiary/aromatic N) is 1. The molecule has 1 heterocycles. The molecule has 2 aromatic rings. The molecule has 0 atom stereocenters. The Morgan fingerprint density at radius 3 is 2.20 bits per heavy atom. The average molecular weight is 415 g/mol. The van der Waals surface area contributed by atoms with Crippen LogP contribution in [0.3, 0.4) is 0 Å². The first-order valence-corrected chi connectivity index (χ1v) is 9.39. The van der Waals surface area contributed by atoms with Crippen molar-refractivity contribution < 1.29 is 23.6 Å². The van der Waals surface area contributed by atoms with Crippen molar-refractivity contribution in [1.82, 2.24) is 9.88 Å². The van der Waals surface area contributed by atoms with Gasteiger partial charge in [0.15, 0.2) is 5.78 Å². The molecule has 8 heteroatoms. The van der Waals surface area contributed by atoms with Crippen molar-refractivity contribution in [2.24, 2.45) is 7.05 Å². The lowest BCUT2D eigenvalue weighted by molar-refractivity contribution is -0.127. The van der Waals surface area contributed by atoms with E-state index in [-0.39, 0.29) is 22.9 Å². The zero-order chi connectivity index (χ0) is 23.0. The number of Topliss-reactive ketones (excluding diaryl/α,β-unsaturated/α-hetero) is 2. The third-order valence-electron chi connectivity index (χ3n) is 5.30. The van der Waals surface area contributed by atoms with E-state index < -0.39 is 23.1 Å². The Bertz CT molecular complexity index is 1070. The standard InChI is InChI=1S/C22H26FN3O4/c1-11-10-15(8-9-16(11)23)24-20(29)17-12(2)18(26(7)13(17)3)19(28)21(30)25-22(5,6)14(4)27/h8-10H,1-7H3,(H,24,29)(H,25,30). The minimum atomic E-state index is -1.19. The number of aromatic nitrogens is 1. The Labute approximate surface area is 174 Å². The number of halogens is 1. The van der Waals surface area contributed by atoms with Crippen molar-refractivity contribution in [2.45, 2.75) is 47.1 Å². The summed E-state index contributed by atoms with van der Waals surface area (Å²) in [5.74, 6) is -2.93. The second kappa shape index (κ2) is 8.22. The van der Waals surface area contributed by atoms with Gasteiger partial charge in [-0.25, -0.2) is 4.39 Å². The van der Waals surface area contributed by atoms with E-state index in [1.54, 1.807) is 27.8 Å². The van der Waals surface area contributed by atoms with Crippen LogP contribution < -0.4 is 10.6 Å². The number of anilines is 1. The predicted molar refractivity (Wildman–Crippen MR) is 111 cm³/mol. The summed E-state index contributed by atoms with van der Waals surface area (Å²) in [5, 5.41) is 5.12. The van der Waals surface area contributed by atoms with Crippen molar-refractivity contribution in [3.8, 4) is 0 Å². The summed E-state index contributed by atoms with van der Waals surface area (Å²) >= 11 is 0. The summed E-state index contributed by atoms with van der Waals surface area (Å²) in [6.45, 7) is 9.16. The lowest BCUT2D eigenvalue weighted by atomic mass is 9.99. The van der Waals surface area contributed by atoms with Crippen LogP contribution in [0.25, 0.3) is 0 Å². The normalized spacial score (nSPS) is 11.2. The fourth-order valence-electron chi connectivity index (χ4n) is 3.09. The van der Waals surface area contributed by atoms with Gasteiger partial charge in [-0.1, -0.05) is 0 Å². The van der Waals surface area contributed by atoms with Crippen molar-refractivity contribution in [3.05, 3.63) is 52.1 Å². The van der Waals surface area contributed by atoms with Gasteiger partial charge in [0.05, 0.1) is 16.8 Å². The lowest BCUT2D eigenvalue weighted by Gasteiger charge is -2.22. The highest BCUT2D eigenvalue weighted by Gasteiger charge is 2.33. The number of nitrogens with one attached hydrogen (secondary N) is 2. The second-order valence-electron chi connectivity index (χ2n) is 7.88. The number of benzene rings is 1. The molecule has 2 amide bonds. The Kier molecular flexibility index (Phi) is 6.30. The summed E-state index contributed by atoms with van der Waals surface area (Å²) in [6, 6.07) is 4.20. The molecule has 2 rings (SSSR count). The van der Waals surface area contributed by atoms with Gasteiger partial charge in [0.2, 0.25) is 0 Å². The summed E-state index contributed by atoms with van der Waals surface area (Å²) in [7, 11) is 1.58. The molecule has 160 valence electrons. The van der Waals surface area contributed by atoms with Crippen LogP contribution >= 0.6 is 0 Å². The Morgan fingerprint density at radius 1 is 1.07 bits per heavy atom. The van der Waals surface area contributed by atoms with Crippen LogP contribution in [-0.2, 0) is 16.6 Å². The summed E-state index contributed by atoms with van der Waals surface area (Å²) in [4.78, 5) is 49.8. The van der Waals surface area contributed by atoms with Crippen molar-refractivity contribution in [3.63, 3.8) is 0 Å². The number of amides is 2. The quantitative estimate of drug-likeness (QED) is 0.560. The maximum absolute atomic E-state index is 13.5. The Balaban J connectivity index is 2.37. The summed E-state index contributed by atoms with van der Waals surface area (Å²) in [6.07, 6.45) is 0. The zero-order valence-corrected chi connectivity index (χ0v) is 18.2. The first kappa shape index (κ1) is 23.0. The van der Waals surface area contributed by atoms with E-state index in [2.05, 4.69) is 10.6 Å². The number of hydrogen-bond donors (Lipinski definition) is 2. The highest BCUT2D eigenvalue weighted by molar-refractivity contribution is 6.43. The fraction of sp³-hybridized carbons (Fsp3) is 0.364. The van der Waals surface area contributed by atoms with Gasteiger partial charge in [-0.05, 0) is 70.9 Å². The minimum absolute atomic E-state index is 0.0600. The van der Waals surface area contributed by atoms with Gasteiger partial charge in [0, 0.05) is 18.4 Å². The van der Waals surface area contributed by atoms with E-state index in [0.29, 0.717) is 22.5 Å². The predicted octanol–water partition coefficient (Wildman–Crippen LogP) is 3.01. The van der Waals surface area contributed by atoms with Crippen LogP contribution in [0, 0.1) is 26.6 Å². The summed E-state index contributed by atoms with van der Waals surface area (Å²) < 4.78 is 14.9. The second-order valence-corrected chi connectivity index (χ2v) is 7.88. The monoisotopic (exact) mass is 415 g/mol. The highest BCUT2D eigenvalue weighted by atomic mass is 19.1. The molecule has 0 unspecified atom stereocenters. The van der Waals surface area contributed by atoms with Crippen LogP contribution in [0.5, 0.6) is 0 Å². The number of rotatable bonds is 6. The molecule has 0 fully saturated rings. The van der Waals surface area contributed by atoms with Crippen LogP contribution in [0.1, 0.15) is 58.4 Å². The van der Waals surface area contributed by atoms with Crippen molar-refractivity contribution in [1.29, 1.82) is 0 Å². The van der Waals surface area contributed by atoms with E-state index in [9.17, 15) is 23.6 Å². The molecule has 0 aliphatic rings. The average Bonchev–Trinajstić information content (AvgIpc) is 2.86. The van der Waals surface area contributed by atoms with E-state index >= 15 is 0 Å². The van der Waals surface area contributed by atoms with Crippen LogP contribution in [-0.4, -0.2) is 33.5 Å². The molecule has 0 spiro atoms. The van der Waals surface area contributed by atoms with Gasteiger partial charge in [0.25, 0.3) is 17.6 Å². The largest absolute Gasteiger partial charge is 0.344 e. The third kappa shape index (κ3) is 4.32. The highest BCUT2D eigenvalue weighted by Crippen LogP contribution is 2.24. The molecule has 7 nitrogen and oxygen atoms in total. The molecule has 0 saturated heterocycles. The minimum Gasteiger partial charge on any atom is -0.344 e. The lowest BCUT2D eigenvalue weighted by Crippen LogP contribution is -2.51. The number of ketones is 2. The molecule has 0 saturated carbocycles. The number of carbonyl (C=O) groups is 4. The zero-order valence-electron chi connectivity index (χ0n) is 18.2. The molecule has 30 heavy (non-hydrogen) atoms. The molecule has 0 bridgehead atoms. The molecule has 2 N–H and O–H groups in total. The maximum atomic E-state index is 13.5. The molecular weight excluding hydrogens is 389 g/mol. The van der Waals surface area contributed by atoms with Crippen LogP contribution in [0.15, 0.2) is 18.2 Å². The molecule has 1 aromatic carbocycles. The van der Waals surface area contributed by atoms with Gasteiger partial charge in [0.1, 0.15) is 5.82 Å². The van der Waals surface area contributed by atoms with Gasteiger partial charge < -0.3 is 15.2 Å². The van der Waals surface area contributed by atoms with Crippen LogP contribution in [0.2, 0.25) is 0 Å². The Hall–Kier alpha value is -3.29.